The molecule has 2 N–H and O–H groups in total. The molecule has 3 aromatic rings. The van der Waals surface area contributed by atoms with Crippen LogP contribution in [0.4, 0.5) is 5.69 Å². The SMILES string of the molecule is Nc1c(-c2ccc3c(c2)OCO3)oc2ccccc12. The number of para-hydroxylation sites is 1. The van der Waals surface area contributed by atoms with Crippen molar-refractivity contribution in [2.45, 2.75) is 0 Å². The van der Waals surface area contributed by atoms with E-state index >= 15 is 0 Å². The molecule has 2 heterocycles. The van der Waals surface area contributed by atoms with Gasteiger partial charge in [-0.05, 0) is 30.3 Å². The number of ether oxygens (including phenoxy) is 2. The molecule has 94 valence electrons. The number of fused-ring (bicyclic) bond motifs is 2. The Balaban J connectivity index is 1.92. The molecule has 4 rings (SSSR count). The van der Waals surface area contributed by atoms with E-state index in [9.17, 15) is 0 Å². The van der Waals surface area contributed by atoms with Crippen molar-refractivity contribution in [3.8, 4) is 22.8 Å². The highest BCUT2D eigenvalue weighted by atomic mass is 16.7. The normalized spacial score (nSPS) is 13.1. The van der Waals surface area contributed by atoms with Gasteiger partial charge in [0, 0.05) is 10.9 Å². The van der Waals surface area contributed by atoms with E-state index in [0.29, 0.717) is 11.4 Å². The number of nitrogen functional groups attached to an aromatic ring is 1. The molecule has 0 unspecified atom stereocenters. The molecule has 0 amide bonds. The van der Waals surface area contributed by atoms with Crippen LogP contribution in [0.5, 0.6) is 11.5 Å². The third kappa shape index (κ3) is 1.46. The second kappa shape index (κ2) is 3.68. The zero-order chi connectivity index (χ0) is 12.8. The summed E-state index contributed by atoms with van der Waals surface area (Å²) in [6.45, 7) is 0.258. The van der Waals surface area contributed by atoms with Crippen molar-refractivity contribution in [2.75, 3.05) is 12.5 Å². The molecule has 4 nitrogen and oxygen atoms in total. The van der Waals surface area contributed by atoms with Crippen LogP contribution in [0.1, 0.15) is 0 Å². The molecule has 1 aliphatic heterocycles. The first kappa shape index (κ1) is 10.3. The van der Waals surface area contributed by atoms with Crippen LogP contribution in [0.25, 0.3) is 22.3 Å². The van der Waals surface area contributed by atoms with Gasteiger partial charge in [0.25, 0.3) is 0 Å². The fourth-order valence-corrected chi connectivity index (χ4v) is 2.32. The molecule has 0 atom stereocenters. The number of rotatable bonds is 1. The van der Waals surface area contributed by atoms with Gasteiger partial charge in [0.15, 0.2) is 17.3 Å². The Hall–Kier alpha value is -2.62. The van der Waals surface area contributed by atoms with Crippen LogP contribution < -0.4 is 15.2 Å². The lowest BCUT2D eigenvalue weighted by Crippen LogP contribution is -1.92. The fraction of sp³-hybridized carbons (Fsp3) is 0.0667. The van der Waals surface area contributed by atoms with E-state index in [1.807, 2.05) is 42.5 Å². The van der Waals surface area contributed by atoms with Crippen molar-refractivity contribution in [2.24, 2.45) is 0 Å². The molecule has 0 saturated heterocycles. The van der Waals surface area contributed by atoms with Gasteiger partial charge in [-0.3, -0.25) is 0 Å². The molecule has 4 heteroatoms. The van der Waals surface area contributed by atoms with Gasteiger partial charge in [0.1, 0.15) is 5.58 Å². The Morgan fingerprint density at radius 2 is 1.79 bits per heavy atom. The van der Waals surface area contributed by atoms with Gasteiger partial charge in [0.2, 0.25) is 6.79 Å². The highest BCUT2D eigenvalue weighted by Gasteiger charge is 2.18. The number of benzene rings is 2. The number of hydrogen-bond donors (Lipinski definition) is 1. The van der Waals surface area contributed by atoms with E-state index in [1.54, 1.807) is 0 Å². The third-order valence-electron chi connectivity index (χ3n) is 3.27. The molecule has 0 fully saturated rings. The topological polar surface area (TPSA) is 57.6 Å². The van der Waals surface area contributed by atoms with Crippen LogP contribution in [0.2, 0.25) is 0 Å². The second-order valence-electron chi connectivity index (χ2n) is 4.41. The average molecular weight is 253 g/mol. The molecule has 19 heavy (non-hydrogen) atoms. The van der Waals surface area contributed by atoms with Crippen LogP contribution in [-0.4, -0.2) is 6.79 Å². The minimum atomic E-state index is 0.258. The smallest absolute Gasteiger partial charge is 0.231 e. The summed E-state index contributed by atoms with van der Waals surface area (Å²) in [4.78, 5) is 0. The van der Waals surface area contributed by atoms with Crippen LogP contribution in [0.3, 0.4) is 0 Å². The van der Waals surface area contributed by atoms with Crippen molar-refractivity contribution < 1.29 is 13.9 Å². The molecule has 0 bridgehead atoms. The lowest BCUT2D eigenvalue weighted by molar-refractivity contribution is 0.174. The van der Waals surface area contributed by atoms with Gasteiger partial charge in [-0.2, -0.15) is 0 Å². The third-order valence-corrected chi connectivity index (χ3v) is 3.27. The Kier molecular flexibility index (Phi) is 2.00. The summed E-state index contributed by atoms with van der Waals surface area (Å²) in [6.07, 6.45) is 0. The first-order valence-electron chi connectivity index (χ1n) is 6.00. The summed E-state index contributed by atoms with van der Waals surface area (Å²) in [7, 11) is 0. The van der Waals surface area contributed by atoms with Crippen molar-refractivity contribution in [1.29, 1.82) is 0 Å². The van der Waals surface area contributed by atoms with Crippen LogP contribution in [0.15, 0.2) is 46.9 Å². The molecular formula is C15H11NO3. The summed E-state index contributed by atoms with van der Waals surface area (Å²) in [6, 6.07) is 13.4. The van der Waals surface area contributed by atoms with Crippen LogP contribution in [-0.2, 0) is 0 Å². The number of nitrogens with two attached hydrogens (primary N) is 1. The lowest BCUT2D eigenvalue weighted by atomic mass is 10.1. The summed E-state index contributed by atoms with van der Waals surface area (Å²) < 4.78 is 16.5. The molecule has 0 aliphatic carbocycles. The first-order chi connectivity index (χ1) is 9.33. The average Bonchev–Trinajstić information content (AvgIpc) is 3.03. The zero-order valence-electron chi connectivity index (χ0n) is 10.1. The van der Waals surface area contributed by atoms with Gasteiger partial charge in [0.05, 0.1) is 5.69 Å². The number of anilines is 1. The van der Waals surface area contributed by atoms with E-state index in [0.717, 1.165) is 28.0 Å². The highest BCUT2D eigenvalue weighted by molar-refractivity contribution is 5.97. The van der Waals surface area contributed by atoms with Crippen LogP contribution >= 0.6 is 0 Å². The summed E-state index contributed by atoms with van der Waals surface area (Å²) in [5.41, 5.74) is 8.47. The standard InChI is InChI=1S/C15H11NO3/c16-14-10-3-1-2-4-11(10)19-15(14)9-5-6-12-13(7-9)18-8-17-12/h1-7H,8,16H2. The monoisotopic (exact) mass is 253 g/mol. The molecular weight excluding hydrogens is 242 g/mol. The molecule has 0 spiro atoms. The Morgan fingerprint density at radius 3 is 2.68 bits per heavy atom. The summed E-state index contributed by atoms with van der Waals surface area (Å²) in [5, 5.41) is 0.926. The Morgan fingerprint density at radius 1 is 0.947 bits per heavy atom. The first-order valence-corrected chi connectivity index (χ1v) is 6.00. The summed E-state index contributed by atoms with van der Waals surface area (Å²) >= 11 is 0. The van der Waals surface area contributed by atoms with Crippen molar-refractivity contribution in [3.05, 3.63) is 42.5 Å². The van der Waals surface area contributed by atoms with E-state index < -0.39 is 0 Å². The van der Waals surface area contributed by atoms with E-state index in [4.69, 9.17) is 19.6 Å². The molecule has 0 saturated carbocycles. The molecule has 2 aromatic carbocycles. The predicted octanol–water partition coefficient (Wildman–Crippen LogP) is 3.41. The van der Waals surface area contributed by atoms with Gasteiger partial charge < -0.3 is 19.6 Å². The fourth-order valence-electron chi connectivity index (χ4n) is 2.32. The second-order valence-corrected chi connectivity index (χ2v) is 4.41. The van der Waals surface area contributed by atoms with E-state index in [-0.39, 0.29) is 6.79 Å². The lowest BCUT2D eigenvalue weighted by Gasteiger charge is -2.01. The minimum Gasteiger partial charge on any atom is -0.454 e. The van der Waals surface area contributed by atoms with Crippen molar-refractivity contribution in [3.63, 3.8) is 0 Å². The maximum absolute atomic E-state index is 6.15. The summed E-state index contributed by atoms with van der Waals surface area (Å²) in [5.74, 6) is 2.13. The van der Waals surface area contributed by atoms with E-state index in [1.165, 1.54) is 0 Å². The maximum atomic E-state index is 6.15. The van der Waals surface area contributed by atoms with E-state index in [2.05, 4.69) is 0 Å². The quantitative estimate of drug-likeness (QED) is 0.722. The van der Waals surface area contributed by atoms with Gasteiger partial charge >= 0.3 is 0 Å². The Labute approximate surface area is 109 Å². The van der Waals surface area contributed by atoms with Gasteiger partial charge in [-0.25, -0.2) is 0 Å². The minimum absolute atomic E-state index is 0.258. The molecule has 1 aromatic heterocycles. The molecule has 0 radical (unpaired) electrons. The number of furan rings is 1. The highest BCUT2D eigenvalue weighted by Crippen LogP contribution is 2.40. The van der Waals surface area contributed by atoms with Crippen LogP contribution in [0, 0.1) is 0 Å². The zero-order valence-corrected chi connectivity index (χ0v) is 10.1. The Bertz CT molecular complexity index is 776. The maximum Gasteiger partial charge on any atom is 0.231 e. The van der Waals surface area contributed by atoms with Gasteiger partial charge in [-0.1, -0.05) is 12.1 Å². The predicted molar refractivity (Wildman–Crippen MR) is 72.2 cm³/mol. The van der Waals surface area contributed by atoms with Crippen molar-refractivity contribution >= 4 is 16.7 Å². The number of hydrogen-bond acceptors (Lipinski definition) is 4. The van der Waals surface area contributed by atoms with Crippen molar-refractivity contribution in [1.82, 2.24) is 0 Å². The largest absolute Gasteiger partial charge is 0.454 e. The van der Waals surface area contributed by atoms with Gasteiger partial charge in [-0.15, -0.1) is 0 Å². The molecule has 1 aliphatic rings.